The maximum atomic E-state index is 12.4. The predicted molar refractivity (Wildman–Crippen MR) is 74.1 cm³/mol. The van der Waals surface area contributed by atoms with E-state index >= 15 is 0 Å². The molecule has 1 fully saturated rings. The van der Waals surface area contributed by atoms with Crippen LogP contribution in [0.5, 0.6) is 0 Å². The van der Waals surface area contributed by atoms with Crippen LogP contribution in [0.4, 0.5) is 0 Å². The van der Waals surface area contributed by atoms with Crippen LogP contribution in [0.3, 0.4) is 0 Å². The van der Waals surface area contributed by atoms with Crippen molar-refractivity contribution in [1.82, 2.24) is 10.2 Å². The summed E-state index contributed by atoms with van der Waals surface area (Å²) in [6, 6.07) is 0.0498. The highest BCUT2D eigenvalue weighted by Gasteiger charge is 2.27. The second-order valence-corrected chi connectivity index (χ2v) is 5.56. The number of carbonyl (C=O) groups excluding carboxylic acids is 1. The van der Waals surface area contributed by atoms with E-state index in [9.17, 15) is 4.79 Å². The van der Waals surface area contributed by atoms with Crippen molar-refractivity contribution < 1.29 is 4.79 Å². The molecule has 1 unspecified atom stereocenters. The van der Waals surface area contributed by atoms with E-state index in [4.69, 9.17) is 0 Å². The Hall–Kier alpha value is -1.09. The first-order valence-corrected chi connectivity index (χ1v) is 6.97. The molecule has 0 saturated carbocycles. The number of amides is 1. The molecule has 0 aromatic rings. The van der Waals surface area contributed by atoms with Crippen molar-refractivity contribution in [3.05, 3.63) is 22.9 Å². The van der Waals surface area contributed by atoms with Gasteiger partial charge in [0.05, 0.1) is 6.04 Å². The first-order chi connectivity index (χ1) is 8.59. The molecule has 1 saturated heterocycles. The summed E-state index contributed by atoms with van der Waals surface area (Å²) in [7, 11) is 2.05. The number of likely N-dealkylation sites (N-methyl/N-ethyl adjacent to an activating group) is 1. The van der Waals surface area contributed by atoms with Crippen LogP contribution < -0.4 is 5.32 Å². The summed E-state index contributed by atoms with van der Waals surface area (Å²) in [5, 5.41) is 3.15. The van der Waals surface area contributed by atoms with Crippen molar-refractivity contribution in [1.29, 1.82) is 0 Å². The minimum Gasteiger partial charge on any atom is -0.325 e. The van der Waals surface area contributed by atoms with Gasteiger partial charge in [0.25, 0.3) is 0 Å². The van der Waals surface area contributed by atoms with Gasteiger partial charge in [-0.2, -0.15) is 0 Å². The monoisotopic (exact) mass is 248 g/mol. The van der Waals surface area contributed by atoms with Crippen molar-refractivity contribution >= 4 is 5.91 Å². The Bertz CT molecular complexity index is 395. The summed E-state index contributed by atoms with van der Waals surface area (Å²) in [5.41, 5.74) is 3.58. The Kier molecular flexibility index (Phi) is 4.23. The lowest BCUT2D eigenvalue weighted by Gasteiger charge is -2.32. The van der Waals surface area contributed by atoms with Gasteiger partial charge in [-0.05, 0) is 64.3 Å². The molecule has 1 heterocycles. The lowest BCUT2D eigenvalue weighted by molar-refractivity contribution is -0.126. The summed E-state index contributed by atoms with van der Waals surface area (Å²) in [6.45, 7) is 5.24. The highest BCUT2D eigenvalue weighted by molar-refractivity contribution is 5.84. The van der Waals surface area contributed by atoms with Gasteiger partial charge in [-0.15, -0.1) is 0 Å². The van der Waals surface area contributed by atoms with Crippen LogP contribution in [0, 0.1) is 0 Å². The number of nitrogens with zero attached hydrogens (tertiary/aromatic N) is 1. The van der Waals surface area contributed by atoms with Crippen LogP contribution in [0.15, 0.2) is 22.9 Å². The lowest BCUT2D eigenvalue weighted by Crippen LogP contribution is -2.47. The zero-order chi connectivity index (χ0) is 13.1. The molecule has 1 aliphatic carbocycles. The van der Waals surface area contributed by atoms with E-state index in [0.717, 1.165) is 37.9 Å². The fourth-order valence-corrected chi connectivity index (χ4v) is 2.89. The Morgan fingerprint density at radius 2 is 2.17 bits per heavy atom. The number of carbonyl (C=O) groups is 1. The summed E-state index contributed by atoms with van der Waals surface area (Å²) in [4.78, 5) is 14.5. The first kappa shape index (κ1) is 13.3. The zero-order valence-corrected chi connectivity index (χ0v) is 11.8. The zero-order valence-electron chi connectivity index (χ0n) is 11.8. The molecule has 1 amide bonds. The van der Waals surface area contributed by atoms with Crippen LogP contribution in [0.25, 0.3) is 0 Å². The van der Waals surface area contributed by atoms with E-state index < -0.39 is 0 Å². The average Bonchev–Trinajstić information content (AvgIpc) is 2.34. The fourth-order valence-electron chi connectivity index (χ4n) is 2.89. The van der Waals surface area contributed by atoms with Crippen molar-refractivity contribution in [2.75, 3.05) is 13.6 Å². The molecular weight excluding hydrogens is 224 g/mol. The quantitative estimate of drug-likeness (QED) is 0.814. The van der Waals surface area contributed by atoms with Crippen LogP contribution >= 0.6 is 0 Å². The van der Waals surface area contributed by atoms with Gasteiger partial charge in [-0.3, -0.25) is 9.69 Å². The molecule has 3 heteroatoms. The number of nitrogens with one attached hydrogen (secondary N) is 1. The molecule has 0 radical (unpaired) electrons. The van der Waals surface area contributed by atoms with E-state index in [2.05, 4.69) is 30.1 Å². The lowest BCUT2D eigenvalue weighted by atomic mass is 9.96. The standard InChI is InChI=1S/C15H24N2O/c1-11-7-6-8-12(2)14(11)16-15(18)13-9-4-5-10-17(13)3/h7,13H,4-6,8-10H2,1-3H3,(H,16,18). The Morgan fingerprint density at radius 1 is 1.39 bits per heavy atom. The largest absolute Gasteiger partial charge is 0.325 e. The average molecular weight is 248 g/mol. The number of piperidine rings is 1. The number of allylic oxidation sites excluding steroid dienone is 3. The molecule has 18 heavy (non-hydrogen) atoms. The minimum atomic E-state index is 0.0498. The Morgan fingerprint density at radius 3 is 2.83 bits per heavy atom. The van der Waals surface area contributed by atoms with Gasteiger partial charge in [0.2, 0.25) is 5.91 Å². The van der Waals surface area contributed by atoms with Crippen LogP contribution in [0.2, 0.25) is 0 Å². The van der Waals surface area contributed by atoms with Gasteiger partial charge in [0.1, 0.15) is 0 Å². The van der Waals surface area contributed by atoms with Gasteiger partial charge in [0.15, 0.2) is 0 Å². The molecular formula is C15H24N2O. The second kappa shape index (κ2) is 5.70. The normalized spacial score (nSPS) is 25.9. The molecule has 0 spiro atoms. The van der Waals surface area contributed by atoms with Crippen molar-refractivity contribution in [3.63, 3.8) is 0 Å². The third-order valence-corrected chi connectivity index (χ3v) is 4.11. The second-order valence-electron chi connectivity index (χ2n) is 5.56. The van der Waals surface area contributed by atoms with Crippen molar-refractivity contribution in [2.45, 2.75) is 52.0 Å². The fraction of sp³-hybridized carbons (Fsp3) is 0.667. The van der Waals surface area contributed by atoms with Crippen LogP contribution in [-0.4, -0.2) is 30.4 Å². The summed E-state index contributed by atoms with van der Waals surface area (Å²) < 4.78 is 0. The van der Waals surface area contributed by atoms with E-state index in [0.29, 0.717) is 0 Å². The maximum Gasteiger partial charge on any atom is 0.241 e. The summed E-state index contributed by atoms with van der Waals surface area (Å²) in [5.74, 6) is 0.168. The van der Waals surface area contributed by atoms with Gasteiger partial charge in [-0.1, -0.05) is 12.5 Å². The predicted octanol–water partition coefficient (Wildman–Crippen LogP) is 2.60. The minimum absolute atomic E-state index is 0.0498. The highest BCUT2D eigenvalue weighted by Crippen LogP contribution is 2.23. The maximum absolute atomic E-state index is 12.4. The number of rotatable bonds is 2. The van der Waals surface area contributed by atoms with E-state index in [1.807, 2.05) is 7.05 Å². The molecule has 1 aliphatic heterocycles. The smallest absolute Gasteiger partial charge is 0.241 e. The highest BCUT2D eigenvalue weighted by atomic mass is 16.2. The SMILES string of the molecule is CC1=CCCC(C)=C1NC(=O)C1CCCCN1C. The third kappa shape index (κ3) is 2.83. The summed E-state index contributed by atoms with van der Waals surface area (Å²) >= 11 is 0. The Labute approximate surface area is 110 Å². The topological polar surface area (TPSA) is 32.3 Å². The van der Waals surface area contributed by atoms with Crippen molar-refractivity contribution in [3.8, 4) is 0 Å². The molecule has 3 nitrogen and oxygen atoms in total. The van der Waals surface area contributed by atoms with Gasteiger partial charge in [0, 0.05) is 5.70 Å². The summed E-state index contributed by atoms with van der Waals surface area (Å²) in [6.07, 6.45) is 7.73. The molecule has 0 bridgehead atoms. The van der Waals surface area contributed by atoms with Crippen LogP contribution in [-0.2, 0) is 4.79 Å². The van der Waals surface area contributed by atoms with E-state index in [1.165, 1.54) is 17.6 Å². The molecule has 100 valence electrons. The molecule has 1 N–H and O–H groups in total. The van der Waals surface area contributed by atoms with Gasteiger partial charge >= 0.3 is 0 Å². The number of hydrogen-bond donors (Lipinski definition) is 1. The molecule has 2 rings (SSSR count). The van der Waals surface area contributed by atoms with E-state index in [-0.39, 0.29) is 11.9 Å². The first-order valence-electron chi connectivity index (χ1n) is 6.97. The molecule has 0 aromatic carbocycles. The van der Waals surface area contributed by atoms with E-state index in [1.54, 1.807) is 0 Å². The Balaban J connectivity index is 2.04. The molecule has 2 aliphatic rings. The van der Waals surface area contributed by atoms with Crippen molar-refractivity contribution in [2.24, 2.45) is 0 Å². The number of likely N-dealkylation sites (tertiary alicyclic amines) is 1. The molecule has 0 aromatic heterocycles. The number of hydrogen-bond acceptors (Lipinski definition) is 2. The van der Waals surface area contributed by atoms with Gasteiger partial charge < -0.3 is 5.32 Å². The van der Waals surface area contributed by atoms with Crippen LogP contribution in [0.1, 0.15) is 46.0 Å². The van der Waals surface area contributed by atoms with Gasteiger partial charge in [-0.25, -0.2) is 0 Å². The third-order valence-electron chi connectivity index (χ3n) is 4.11. The molecule has 1 atom stereocenters.